The van der Waals surface area contributed by atoms with Crippen LogP contribution >= 0.6 is 24.8 Å². The van der Waals surface area contributed by atoms with E-state index in [0.29, 0.717) is 5.92 Å². The van der Waals surface area contributed by atoms with Gasteiger partial charge in [0, 0.05) is 0 Å². The van der Waals surface area contributed by atoms with E-state index in [0.717, 1.165) is 10.5 Å². The Labute approximate surface area is 263 Å². The van der Waals surface area contributed by atoms with Gasteiger partial charge in [0.2, 0.25) is 0 Å². The zero-order valence-electron chi connectivity index (χ0n) is 26.9. The van der Waals surface area contributed by atoms with E-state index in [1.807, 2.05) is 0 Å². The second-order valence-electron chi connectivity index (χ2n) is 14.7. The Kier molecular flexibility index (Phi) is 9.27. The molecule has 0 fully saturated rings. The van der Waals surface area contributed by atoms with Crippen LogP contribution < -0.4 is 6.54 Å². The van der Waals surface area contributed by atoms with Crippen molar-refractivity contribution >= 4 is 35.6 Å². The number of halogens is 2. The molecule has 0 N–H and O–H groups in total. The molecule has 0 heterocycles. The molecule has 0 aromatic heterocycles. The van der Waals surface area contributed by atoms with E-state index in [4.69, 9.17) is 4.21 Å². The third-order valence-corrected chi connectivity index (χ3v) is 27.9. The Morgan fingerprint density at radius 3 is 1.90 bits per heavy atom. The van der Waals surface area contributed by atoms with Gasteiger partial charge in [-0.1, -0.05) is 0 Å². The predicted molar refractivity (Wildman–Crippen MR) is 186 cm³/mol. The first-order valence-corrected chi connectivity index (χ1v) is 22.1. The summed E-state index contributed by atoms with van der Waals surface area (Å²) in [5, 5.41) is 0. The molecule has 5 rings (SSSR count). The van der Waals surface area contributed by atoms with Crippen molar-refractivity contribution in [3.05, 3.63) is 103 Å². The zero-order chi connectivity index (χ0) is 28.6. The number of allylic oxidation sites excluding steroid dienone is 4. The fourth-order valence-corrected chi connectivity index (χ4v) is 24.5. The van der Waals surface area contributed by atoms with Gasteiger partial charge >= 0.3 is 240 Å². The molecule has 0 nitrogen and oxygen atoms in total. The van der Waals surface area contributed by atoms with Gasteiger partial charge in [0.1, 0.15) is 0 Å². The van der Waals surface area contributed by atoms with Crippen LogP contribution in [-0.4, -0.2) is 4.21 Å². The molecule has 41 heavy (non-hydrogen) atoms. The van der Waals surface area contributed by atoms with Gasteiger partial charge in [-0.3, -0.25) is 0 Å². The third-order valence-electron chi connectivity index (χ3n) is 10.3. The van der Waals surface area contributed by atoms with E-state index in [9.17, 15) is 0 Å². The van der Waals surface area contributed by atoms with Gasteiger partial charge in [0.25, 0.3) is 0 Å². The van der Waals surface area contributed by atoms with Crippen LogP contribution in [-0.2, 0) is 35.5 Å². The van der Waals surface area contributed by atoms with E-state index in [1.54, 1.807) is 12.1 Å². The normalized spacial score (nSPS) is 17.0. The van der Waals surface area contributed by atoms with Crippen LogP contribution in [0.5, 0.6) is 0 Å². The Hall–Kier alpha value is -1.53. The van der Waals surface area contributed by atoms with Gasteiger partial charge < -0.3 is 0 Å². The average Bonchev–Trinajstić information content (AvgIpc) is 3.38. The van der Waals surface area contributed by atoms with Gasteiger partial charge in [-0.05, 0) is 0 Å². The fraction of sp³-hybridized carbons (Fsp3) is 0.395. The first-order chi connectivity index (χ1) is 18.1. The van der Waals surface area contributed by atoms with E-state index >= 15 is 0 Å². The first-order valence-electron chi connectivity index (χ1n) is 14.9. The van der Waals surface area contributed by atoms with Crippen LogP contribution in [0.2, 0.25) is 4.13 Å². The molecule has 0 radical (unpaired) electrons. The van der Waals surface area contributed by atoms with Crippen molar-refractivity contribution in [1.82, 2.24) is 0 Å². The van der Waals surface area contributed by atoms with Gasteiger partial charge in [0.05, 0.1) is 0 Å². The Bertz CT molecular complexity index is 1610. The van der Waals surface area contributed by atoms with Gasteiger partial charge in [-0.25, -0.2) is 0 Å². The van der Waals surface area contributed by atoms with E-state index in [-0.39, 0.29) is 35.6 Å². The molecule has 2 aliphatic rings. The van der Waals surface area contributed by atoms with Crippen molar-refractivity contribution in [2.45, 2.75) is 90.6 Å². The maximum absolute atomic E-state index is 5.62. The topological polar surface area (TPSA) is 0 Å². The van der Waals surface area contributed by atoms with E-state index < -0.39 is 18.3 Å². The summed E-state index contributed by atoms with van der Waals surface area (Å²) in [5.74, 6) is 0.415. The van der Waals surface area contributed by atoms with Crippen LogP contribution in [0.4, 0.5) is 0 Å². The van der Waals surface area contributed by atoms with Crippen molar-refractivity contribution in [1.29, 1.82) is 0 Å². The molecule has 0 aliphatic heterocycles. The standard InChI is InChI=1S/C21H25.C8H11.C6H5.C2H5.CH2.2ClH.Zr/c1-20(2,3)16-9-7-14-11-15-8-10-17(21(4,5)6)13-19(15)18(14)12-16;1-6-4-7(2)8(3)5-6;1-2-4-6-5-3-1;1-2;;;;/h7,9-10,12-13H,11H2,1-6H3;4,6H,1-3H3;1-5H;1H2,2H3;1H2;2*1H;. The quantitative estimate of drug-likeness (QED) is 0.203. The summed E-state index contributed by atoms with van der Waals surface area (Å²) >= 11 is -4.35. The number of benzene rings is 3. The van der Waals surface area contributed by atoms with Crippen molar-refractivity contribution in [2.75, 3.05) is 0 Å². The summed E-state index contributed by atoms with van der Waals surface area (Å²) in [7, 11) is 0. The molecule has 0 saturated heterocycles. The Balaban J connectivity index is 0.00000231. The van der Waals surface area contributed by atoms with E-state index in [2.05, 4.69) is 136 Å². The minimum absolute atomic E-state index is 0. The third kappa shape index (κ3) is 5.17. The van der Waals surface area contributed by atoms with Gasteiger partial charge in [0.15, 0.2) is 0 Å². The van der Waals surface area contributed by atoms with Gasteiger partial charge in [-0.2, -0.15) is 0 Å². The van der Waals surface area contributed by atoms with Crippen molar-refractivity contribution in [3.63, 3.8) is 0 Å². The van der Waals surface area contributed by atoms with Crippen LogP contribution in [0.3, 0.4) is 0 Å². The molecule has 0 amide bonds. The first kappa shape index (κ1) is 34.0. The molecule has 220 valence electrons. The fourth-order valence-electron chi connectivity index (χ4n) is 7.73. The molecule has 3 aromatic rings. The molecular formula is C38H50Cl2Zr. The maximum atomic E-state index is 5.62. The average molecular weight is 669 g/mol. The van der Waals surface area contributed by atoms with Gasteiger partial charge in [-0.15, -0.1) is 24.8 Å². The van der Waals surface area contributed by atoms with Crippen LogP contribution in [0, 0.1) is 5.92 Å². The summed E-state index contributed by atoms with van der Waals surface area (Å²) in [6, 6.07) is 23.9. The molecule has 0 bridgehead atoms. The molecule has 0 saturated carbocycles. The summed E-state index contributed by atoms with van der Waals surface area (Å²) in [5.41, 5.74) is 11.9. The number of fused-ring (bicyclic) bond motifs is 3. The second-order valence-corrected chi connectivity index (χ2v) is 28.8. The Morgan fingerprint density at radius 1 is 0.805 bits per heavy atom. The van der Waals surface area contributed by atoms with Crippen LogP contribution in [0.25, 0.3) is 11.1 Å². The molecular weight excluding hydrogens is 619 g/mol. The van der Waals surface area contributed by atoms with Crippen LogP contribution in [0.15, 0.2) is 81.2 Å². The minimum atomic E-state index is -4.35. The summed E-state index contributed by atoms with van der Waals surface area (Å²) in [6.07, 6.45) is 3.51. The van der Waals surface area contributed by atoms with Crippen LogP contribution in [0.1, 0.15) is 91.5 Å². The Morgan fingerprint density at radius 2 is 1.39 bits per heavy atom. The molecule has 3 aromatic carbocycles. The molecule has 1 atom stereocenters. The summed E-state index contributed by atoms with van der Waals surface area (Å²) in [6.45, 7) is 23.6. The molecule has 2 aliphatic carbocycles. The molecule has 1 unspecified atom stereocenters. The van der Waals surface area contributed by atoms with E-state index in [1.165, 1.54) is 42.2 Å². The predicted octanol–water partition coefficient (Wildman–Crippen LogP) is 10.1. The summed E-state index contributed by atoms with van der Waals surface area (Å²) in [4.78, 5) is 0. The van der Waals surface area contributed by atoms with Crippen molar-refractivity contribution in [3.8, 4) is 11.1 Å². The number of rotatable bonds is 4. The monoisotopic (exact) mass is 666 g/mol. The molecule has 3 heteroatoms. The number of hydrogen-bond donors (Lipinski definition) is 0. The molecule has 0 spiro atoms. The second kappa shape index (κ2) is 11.2. The number of hydrogen-bond acceptors (Lipinski definition) is 0. The zero-order valence-corrected chi connectivity index (χ0v) is 31.0. The summed E-state index contributed by atoms with van der Waals surface area (Å²) < 4.78 is 11.5. The van der Waals surface area contributed by atoms with Crippen molar-refractivity contribution in [2.24, 2.45) is 5.92 Å². The SMILES string of the molecule is Cl.Cl.[CH2]=[Zr]([CH2]C)([C]1=C(C)C(C)=CC1C)([c]1ccccc1)[c]1cc(C(C)(C)C)cc2c1Cc1ccc(C(C)(C)C)cc1-2. The van der Waals surface area contributed by atoms with Crippen molar-refractivity contribution < 1.29 is 18.3 Å².